The van der Waals surface area contributed by atoms with Gasteiger partial charge in [-0.1, -0.05) is 23.2 Å². The molecule has 0 fully saturated rings. The van der Waals surface area contributed by atoms with Crippen LogP contribution in [-0.4, -0.2) is 8.76 Å². The Labute approximate surface area is 101 Å². The van der Waals surface area contributed by atoms with Gasteiger partial charge in [0, 0.05) is 5.75 Å². The third-order valence-electron chi connectivity index (χ3n) is 1.34. The molecular formula is C8H6NNaO2S. The van der Waals surface area contributed by atoms with E-state index in [0.29, 0.717) is 11.1 Å². The monoisotopic (exact) mass is 203 g/mol. The van der Waals surface area contributed by atoms with Crippen LogP contribution in [0, 0.1) is 11.3 Å². The predicted octanol–water partition coefficient (Wildman–Crippen LogP) is -2.06. The zero-order valence-corrected chi connectivity index (χ0v) is 10.0. The Hall–Kier alpha value is -0.180. The molecular weight excluding hydrogens is 197 g/mol. The molecule has 1 unspecified atom stereocenters. The normalized spacial score (nSPS) is 11.1. The summed E-state index contributed by atoms with van der Waals surface area (Å²) in [6, 6.07) is 8.49. The van der Waals surface area contributed by atoms with E-state index in [-0.39, 0.29) is 35.3 Å². The molecule has 13 heavy (non-hydrogen) atoms. The average molecular weight is 203 g/mol. The molecule has 3 nitrogen and oxygen atoms in total. The Morgan fingerprint density at radius 1 is 1.54 bits per heavy atom. The maximum Gasteiger partial charge on any atom is 1.00 e. The number of rotatable bonds is 2. The van der Waals surface area contributed by atoms with Crippen LogP contribution in [0.5, 0.6) is 0 Å². The summed E-state index contributed by atoms with van der Waals surface area (Å²) in [5, 5.41) is 8.49. The summed E-state index contributed by atoms with van der Waals surface area (Å²) in [4.78, 5) is 0. The van der Waals surface area contributed by atoms with Crippen LogP contribution in [0.25, 0.3) is 0 Å². The van der Waals surface area contributed by atoms with Crippen LogP contribution in [0.4, 0.5) is 0 Å². The van der Waals surface area contributed by atoms with Crippen molar-refractivity contribution in [2.75, 3.05) is 0 Å². The Morgan fingerprint density at radius 3 is 2.77 bits per heavy atom. The van der Waals surface area contributed by atoms with E-state index in [1.807, 2.05) is 6.07 Å². The van der Waals surface area contributed by atoms with Crippen LogP contribution in [0.3, 0.4) is 0 Å². The Bertz CT molecular complexity index is 348. The molecule has 62 valence electrons. The first-order valence-corrected chi connectivity index (χ1v) is 4.51. The van der Waals surface area contributed by atoms with Crippen molar-refractivity contribution in [3.8, 4) is 6.07 Å². The molecule has 0 aliphatic heterocycles. The van der Waals surface area contributed by atoms with E-state index in [0.717, 1.165) is 0 Å². The number of nitriles is 1. The number of benzene rings is 1. The Morgan fingerprint density at radius 2 is 2.23 bits per heavy atom. The molecule has 5 heteroatoms. The second-order valence-electron chi connectivity index (χ2n) is 2.26. The minimum Gasteiger partial charge on any atom is -0.772 e. The van der Waals surface area contributed by atoms with Gasteiger partial charge in [-0.05, 0) is 17.7 Å². The molecule has 0 aromatic heterocycles. The van der Waals surface area contributed by atoms with E-state index >= 15 is 0 Å². The van der Waals surface area contributed by atoms with Crippen LogP contribution >= 0.6 is 0 Å². The molecule has 0 saturated carbocycles. The standard InChI is InChI=1S/C8H7NO2S.Na/c9-5-7-2-1-3-8(4-7)6-12(10)11;/h1-4H,6H2,(H,10,11);/q;+1/p-1. The quantitative estimate of drug-likeness (QED) is 0.410. The Kier molecular flexibility index (Phi) is 6.21. The van der Waals surface area contributed by atoms with Crippen molar-refractivity contribution >= 4 is 11.1 Å². The van der Waals surface area contributed by atoms with Crippen molar-refractivity contribution in [2.45, 2.75) is 5.75 Å². The van der Waals surface area contributed by atoms with Crippen LogP contribution in [0.1, 0.15) is 11.1 Å². The van der Waals surface area contributed by atoms with Crippen molar-refractivity contribution in [3.05, 3.63) is 35.4 Å². The molecule has 0 saturated heterocycles. The number of hydrogen-bond acceptors (Lipinski definition) is 3. The van der Waals surface area contributed by atoms with Crippen molar-refractivity contribution in [3.63, 3.8) is 0 Å². The molecule has 0 bridgehead atoms. The van der Waals surface area contributed by atoms with Gasteiger partial charge in [0.25, 0.3) is 0 Å². The molecule has 0 amide bonds. The molecule has 0 heterocycles. The summed E-state index contributed by atoms with van der Waals surface area (Å²) in [5.41, 5.74) is 1.13. The van der Waals surface area contributed by atoms with Gasteiger partial charge in [0.2, 0.25) is 0 Å². The van der Waals surface area contributed by atoms with Gasteiger partial charge in [0.1, 0.15) is 0 Å². The fourth-order valence-corrected chi connectivity index (χ4v) is 1.32. The van der Waals surface area contributed by atoms with E-state index in [4.69, 9.17) is 5.26 Å². The maximum atomic E-state index is 10.3. The summed E-state index contributed by atoms with van der Waals surface area (Å²) in [7, 11) is 0. The zero-order chi connectivity index (χ0) is 8.97. The summed E-state index contributed by atoms with van der Waals surface area (Å²) < 4.78 is 20.6. The van der Waals surface area contributed by atoms with Crippen molar-refractivity contribution in [2.24, 2.45) is 0 Å². The van der Waals surface area contributed by atoms with Gasteiger partial charge in [-0.3, -0.25) is 4.21 Å². The van der Waals surface area contributed by atoms with E-state index < -0.39 is 11.1 Å². The summed E-state index contributed by atoms with van der Waals surface area (Å²) >= 11 is -2.09. The first-order chi connectivity index (χ1) is 5.72. The summed E-state index contributed by atoms with van der Waals surface area (Å²) in [6.45, 7) is 0. The van der Waals surface area contributed by atoms with Crippen LogP contribution < -0.4 is 29.6 Å². The molecule has 0 N–H and O–H groups in total. The molecule has 0 aliphatic carbocycles. The van der Waals surface area contributed by atoms with E-state index in [1.165, 1.54) is 0 Å². The summed E-state index contributed by atoms with van der Waals surface area (Å²) in [5.74, 6) is -0.0322. The van der Waals surface area contributed by atoms with E-state index in [1.54, 1.807) is 24.3 Å². The first kappa shape index (κ1) is 12.8. The molecule has 1 atom stereocenters. The minimum absolute atomic E-state index is 0. The molecule has 0 radical (unpaired) electrons. The van der Waals surface area contributed by atoms with E-state index in [9.17, 15) is 8.76 Å². The second-order valence-corrected chi connectivity index (χ2v) is 3.16. The number of nitrogens with zero attached hydrogens (tertiary/aromatic N) is 1. The van der Waals surface area contributed by atoms with Crippen molar-refractivity contribution < 1.29 is 38.3 Å². The SMILES string of the molecule is N#Cc1cccc(CS(=O)[O-])c1.[Na+]. The average Bonchev–Trinajstić information content (AvgIpc) is 2.03. The van der Waals surface area contributed by atoms with Gasteiger partial charge in [0.05, 0.1) is 11.6 Å². The van der Waals surface area contributed by atoms with Gasteiger partial charge < -0.3 is 4.55 Å². The minimum atomic E-state index is -2.09. The van der Waals surface area contributed by atoms with Crippen LogP contribution in [-0.2, 0) is 16.8 Å². The smallest absolute Gasteiger partial charge is 0.772 e. The molecule has 1 rings (SSSR count). The Balaban J connectivity index is 0.00000144. The second kappa shape index (κ2) is 6.30. The molecule has 0 spiro atoms. The van der Waals surface area contributed by atoms with Gasteiger partial charge in [-0.15, -0.1) is 0 Å². The fraction of sp³-hybridized carbons (Fsp3) is 0.125. The first-order valence-electron chi connectivity index (χ1n) is 3.27. The predicted molar refractivity (Wildman–Crippen MR) is 43.8 cm³/mol. The van der Waals surface area contributed by atoms with Crippen molar-refractivity contribution in [1.82, 2.24) is 0 Å². The molecule has 1 aromatic carbocycles. The number of hydrogen-bond donors (Lipinski definition) is 0. The van der Waals surface area contributed by atoms with Gasteiger partial charge in [-0.2, -0.15) is 5.26 Å². The van der Waals surface area contributed by atoms with Gasteiger partial charge in [-0.25, -0.2) is 0 Å². The molecule has 0 aliphatic rings. The van der Waals surface area contributed by atoms with Crippen LogP contribution in [0.2, 0.25) is 0 Å². The van der Waals surface area contributed by atoms with E-state index in [2.05, 4.69) is 0 Å². The third-order valence-corrected chi connectivity index (χ3v) is 1.91. The largest absolute Gasteiger partial charge is 1.00 e. The van der Waals surface area contributed by atoms with Crippen LogP contribution in [0.15, 0.2) is 24.3 Å². The molecule has 1 aromatic rings. The zero-order valence-electron chi connectivity index (χ0n) is 7.19. The maximum absolute atomic E-state index is 10.3. The summed E-state index contributed by atoms with van der Waals surface area (Å²) in [6.07, 6.45) is 0. The topological polar surface area (TPSA) is 63.9 Å². The fourth-order valence-electron chi connectivity index (χ4n) is 0.867. The van der Waals surface area contributed by atoms with Crippen molar-refractivity contribution in [1.29, 1.82) is 5.26 Å². The third kappa shape index (κ3) is 4.55. The van der Waals surface area contributed by atoms with Gasteiger partial charge >= 0.3 is 29.6 Å². The van der Waals surface area contributed by atoms with Gasteiger partial charge in [0.15, 0.2) is 0 Å².